The molecule has 0 aromatic heterocycles. The molecule has 0 bridgehead atoms. The Kier molecular flexibility index (Phi) is 2.95. The molecule has 4 heteroatoms. The van der Waals surface area contributed by atoms with Gasteiger partial charge in [-0.05, 0) is 0 Å². The number of hydrogen-bond donors (Lipinski definition) is 2. The molecular formula is C11H17NO2Se. The van der Waals surface area contributed by atoms with Gasteiger partial charge in [0.25, 0.3) is 0 Å². The molecule has 1 aliphatic carbocycles. The van der Waals surface area contributed by atoms with Gasteiger partial charge in [0.15, 0.2) is 0 Å². The molecule has 0 spiro atoms. The Morgan fingerprint density at radius 1 is 1.60 bits per heavy atom. The fourth-order valence-corrected chi connectivity index (χ4v) is 4.51. The molecule has 1 fully saturated rings. The van der Waals surface area contributed by atoms with Crippen LogP contribution in [0.1, 0.15) is 19.8 Å². The first-order chi connectivity index (χ1) is 7.16. The van der Waals surface area contributed by atoms with Crippen LogP contribution in [-0.4, -0.2) is 37.7 Å². The number of nitrogens with two attached hydrogens (primary N) is 1. The first kappa shape index (κ1) is 11.2. The molecule has 2 unspecified atom stereocenters. The topological polar surface area (TPSA) is 55.5 Å². The third kappa shape index (κ3) is 1.87. The number of hydrogen-bond acceptors (Lipinski definition) is 3. The van der Waals surface area contributed by atoms with Crippen molar-refractivity contribution >= 4 is 15.0 Å². The second-order valence-corrected chi connectivity index (χ2v) is 7.22. The summed E-state index contributed by atoms with van der Waals surface area (Å²) in [6.45, 7) is 3.44. The molecule has 3 nitrogen and oxygen atoms in total. The monoisotopic (exact) mass is 275 g/mol. The summed E-state index contributed by atoms with van der Waals surface area (Å²) < 4.78 is 4.92. The number of aliphatic hydroxyl groups is 1. The molecule has 2 atom stereocenters. The third-order valence-electron chi connectivity index (χ3n) is 2.74. The number of allylic oxidation sites excluding steroid dienone is 1. The number of rotatable bonds is 5. The summed E-state index contributed by atoms with van der Waals surface area (Å²) >= 11 is 0.215. The van der Waals surface area contributed by atoms with Gasteiger partial charge in [-0.3, -0.25) is 0 Å². The fraction of sp³-hybridized carbons (Fsp3) is 0.636. The van der Waals surface area contributed by atoms with Gasteiger partial charge < -0.3 is 0 Å². The quantitative estimate of drug-likeness (QED) is 0.728. The maximum absolute atomic E-state index is 10.2. The Labute approximate surface area is 96.5 Å². The molecule has 0 amide bonds. The summed E-state index contributed by atoms with van der Waals surface area (Å²) in [5.74, 6) is 0.898. The third-order valence-corrected chi connectivity index (χ3v) is 6.11. The van der Waals surface area contributed by atoms with E-state index in [1.54, 1.807) is 0 Å². The van der Waals surface area contributed by atoms with Gasteiger partial charge in [-0.2, -0.15) is 0 Å². The molecule has 1 heterocycles. The Bertz CT molecular complexity index is 316. The molecule has 0 aromatic rings. The van der Waals surface area contributed by atoms with Crippen LogP contribution in [0.3, 0.4) is 0 Å². The Hall–Kier alpha value is -0.281. The van der Waals surface area contributed by atoms with Gasteiger partial charge in [0.2, 0.25) is 0 Å². The van der Waals surface area contributed by atoms with Gasteiger partial charge in [-0.1, -0.05) is 0 Å². The van der Waals surface area contributed by atoms with Crippen LogP contribution in [0.4, 0.5) is 0 Å². The van der Waals surface area contributed by atoms with E-state index in [0.29, 0.717) is 6.54 Å². The zero-order chi connectivity index (χ0) is 10.9. The Morgan fingerprint density at radius 2 is 2.40 bits per heavy atom. The van der Waals surface area contributed by atoms with Crippen LogP contribution in [-0.2, 0) is 4.74 Å². The van der Waals surface area contributed by atoms with E-state index in [-0.39, 0.29) is 19.3 Å². The van der Waals surface area contributed by atoms with Crippen molar-refractivity contribution < 1.29 is 9.84 Å². The van der Waals surface area contributed by atoms with Crippen molar-refractivity contribution in [1.82, 2.24) is 0 Å². The predicted molar refractivity (Wildman–Crippen MR) is 60.5 cm³/mol. The Morgan fingerprint density at radius 3 is 3.07 bits per heavy atom. The zero-order valence-electron chi connectivity index (χ0n) is 8.90. The first-order valence-corrected chi connectivity index (χ1v) is 7.04. The van der Waals surface area contributed by atoms with Crippen LogP contribution in [0.2, 0.25) is 4.31 Å². The number of fused-ring (bicyclic) bond motifs is 1. The molecular weight excluding hydrogens is 257 g/mol. The summed E-state index contributed by atoms with van der Waals surface area (Å²) in [6.07, 6.45) is 7.71. The Balaban J connectivity index is 2.07. The average Bonchev–Trinajstić information content (AvgIpc) is 2.80. The van der Waals surface area contributed by atoms with Gasteiger partial charge in [-0.15, -0.1) is 0 Å². The van der Waals surface area contributed by atoms with Crippen molar-refractivity contribution in [3.05, 3.63) is 24.0 Å². The molecule has 1 aliphatic heterocycles. The van der Waals surface area contributed by atoms with Gasteiger partial charge in [-0.25, -0.2) is 0 Å². The molecule has 84 valence electrons. The maximum atomic E-state index is 10.2. The van der Waals surface area contributed by atoms with Crippen molar-refractivity contribution in [2.45, 2.75) is 28.6 Å². The van der Waals surface area contributed by atoms with E-state index in [4.69, 9.17) is 10.5 Å². The van der Waals surface area contributed by atoms with Crippen LogP contribution >= 0.6 is 0 Å². The molecule has 1 saturated heterocycles. The van der Waals surface area contributed by atoms with E-state index in [0.717, 1.165) is 25.2 Å². The van der Waals surface area contributed by atoms with E-state index in [1.807, 2.05) is 12.2 Å². The summed E-state index contributed by atoms with van der Waals surface area (Å²) in [7, 11) is 0. The second kappa shape index (κ2) is 3.95. The minimum atomic E-state index is -0.585. The molecule has 2 aliphatic rings. The molecule has 0 radical (unpaired) electrons. The van der Waals surface area contributed by atoms with Crippen molar-refractivity contribution in [1.29, 1.82) is 0 Å². The van der Waals surface area contributed by atoms with E-state index in [2.05, 4.69) is 13.0 Å². The van der Waals surface area contributed by atoms with E-state index >= 15 is 0 Å². The van der Waals surface area contributed by atoms with Crippen molar-refractivity contribution in [2.24, 2.45) is 5.73 Å². The molecule has 0 aromatic carbocycles. The van der Waals surface area contributed by atoms with Crippen LogP contribution in [0, 0.1) is 0 Å². The summed E-state index contributed by atoms with van der Waals surface area (Å²) in [6, 6.07) is 0. The van der Waals surface area contributed by atoms with Crippen molar-refractivity contribution in [3.63, 3.8) is 0 Å². The standard InChI is InChI=1S/C11H17NO2Se/c1-2-7-14-9-3-4-11(13)10(8-9,15-11)5-6-12/h3-4,8,13H,2,5-7,12H2,1H3. The van der Waals surface area contributed by atoms with Gasteiger partial charge in [0, 0.05) is 0 Å². The number of ether oxygens (including phenoxy) is 1. The van der Waals surface area contributed by atoms with E-state index < -0.39 is 4.50 Å². The summed E-state index contributed by atoms with van der Waals surface area (Å²) in [4.78, 5) is 0. The summed E-state index contributed by atoms with van der Waals surface area (Å²) in [5.41, 5.74) is 5.58. The fourth-order valence-electron chi connectivity index (χ4n) is 1.86. The van der Waals surface area contributed by atoms with Crippen LogP contribution in [0.25, 0.3) is 0 Å². The first-order valence-electron chi connectivity index (χ1n) is 5.33. The van der Waals surface area contributed by atoms with E-state index in [9.17, 15) is 5.11 Å². The van der Waals surface area contributed by atoms with Gasteiger partial charge in [0.1, 0.15) is 0 Å². The van der Waals surface area contributed by atoms with Crippen LogP contribution in [0.15, 0.2) is 24.0 Å². The SMILES string of the molecule is CCCOC1=CC2(CCN)[Se]C2(O)C=C1. The van der Waals surface area contributed by atoms with Crippen LogP contribution in [0.5, 0.6) is 0 Å². The summed E-state index contributed by atoms with van der Waals surface area (Å²) in [5, 5.41) is 10.2. The minimum absolute atomic E-state index is 0.0768. The molecule has 15 heavy (non-hydrogen) atoms. The average molecular weight is 274 g/mol. The van der Waals surface area contributed by atoms with Crippen LogP contribution < -0.4 is 5.73 Å². The van der Waals surface area contributed by atoms with Crippen molar-refractivity contribution in [3.8, 4) is 0 Å². The normalized spacial score (nSPS) is 37.1. The molecule has 3 N–H and O–H groups in total. The predicted octanol–water partition coefficient (Wildman–Crippen LogP) is 0.781. The molecule has 2 rings (SSSR count). The second-order valence-electron chi connectivity index (χ2n) is 3.96. The van der Waals surface area contributed by atoms with Crippen molar-refractivity contribution in [2.75, 3.05) is 13.2 Å². The van der Waals surface area contributed by atoms with E-state index in [1.165, 1.54) is 0 Å². The van der Waals surface area contributed by atoms with Gasteiger partial charge >= 0.3 is 96.3 Å². The molecule has 0 saturated carbocycles. The zero-order valence-corrected chi connectivity index (χ0v) is 10.6. The van der Waals surface area contributed by atoms with Gasteiger partial charge in [0.05, 0.1) is 0 Å².